The Morgan fingerprint density at radius 3 is 2.35 bits per heavy atom. The molecule has 1 heterocycles. The lowest BCUT2D eigenvalue weighted by molar-refractivity contribution is -0.144. The molecule has 0 spiro atoms. The lowest BCUT2D eigenvalue weighted by atomic mass is 9.73. The molecule has 0 saturated heterocycles. The topological polar surface area (TPSA) is 68.1 Å². The summed E-state index contributed by atoms with van der Waals surface area (Å²) >= 11 is 0. The SMILES string of the molecule is CC(C)C1(C)C=CC(S(=O)(=O)Cl)C=C1n1nc(C(F)(F)F)nc1N(C)C. The third-order valence-electron chi connectivity index (χ3n) is 4.50. The van der Waals surface area contributed by atoms with E-state index in [9.17, 15) is 21.6 Å². The maximum atomic E-state index is 13.1. The summed E-state index contributed by atoms with van der Waals surface area (Å²) in [6.07, 6.45) is -0.327. The molecule has 1 aliphatic rings. The van der Waals surface area contributed by atoms with Crippen LogP contribution < -0.4 is 4.90 Å². The van der Waals surface area contributed by atoms with Gasteiger partial charge in [0, 0.05) is 30.2 Å². The van der Waals surface area contributed by atoms with Crippen LogP contribution in [0.5, 0.6) is 0 Å². The molecule has 1 aromatic heterocycles. The molecule has 6 nitrogen and oxygen atoms in total. The molecule has 1 aromatic rings. The van der Waals surface area contributed by atoms with E-state index in [0.29, 0.717) is 0 Å². The van der Waals surface area contributed by atoms with Crippen molar-refractivity contribution in [1.82, 2.24) is 14.8 Å². The summed E-state index contributed by atoms with van der Waals surface area (Å²) in [5, 5.41) is 2.45. The van der Waals surface area contributed by atoms with Crippen molar-refractivity contribution in [3.8, 4) is 0 Å². The second-order valence-electron chi connectivity index (χ2n) is 6.83. The number of halogens is 4. The monoisotopic (exact) mass is 412 g/mol. The zero-order valence-corrected chi connectivity index (χ0v) is 16.5. The molecule has 1 aliphatic carbocycles. The van der Waals surface area contributed by atoms with E-state index in [1.807, 2.05) is 13.8 Å². The van der Waals surface area contributed by atoms with Gasteiger partial charge in [-0.05, 0) is 12.0 Å². The largest absolute Gasteiger partial charge is 0.453 e. The van der Waals surface area contributed by atoms with Crippen LogP contribution in [0.25, 0.3) is 5.70 Å². The van der Waals surface area contributed by atoms with Gasteiger partial charge in [0.05, 0.1) is 5.70 Å². The summed E-state index contributed by atoms with van der Waals surface area (Å²) in [6.45, 7) is 5.56. The summed E-state index contributed by atoms with van der Waals surface area (Å²) in [5.41, 5.74) is -0.490. The third kappa shape index (κ3) is 3.75. The highest BCUT2D eigenvalue weighted by Gasteiger charge is 2.42. The average molecular weight is 413 g/mol. The predicted molar refractivity (Wildman–Crippen MR) is 94.3 cm³/mol. The summed E-state index contributed by atoms with van der Waals surface area (Å²) in [7, 11) is 4.53. The Morgan fingerprint density at radius 2 is 1.92 bits per heavy atom. The molecule has 0 saturated carbocycles. The normalized spacial score (nSPS) is 24.1. The minimum absolute atomic E-state index is 0.0578. The van der Waals surface area contributed by atoms with Crippen LogP contribution in [0, 0.1) is 11.3 Å². The molecule has 0 amide bonds. The third-order valence-corrected chi connectivity index (χ3v) is 6.06. The number of nitrogens with zero attached hydrogens (tertiary/aromatic N) is 4. The summed E-state index contributed by atoms with van der Waals surface area (Å²) in [4.78, 5) is 4.95. The van der Waals surface area contributed by atoms with Gasteiger partial charge in [0.25, 0.3) is 5.82 Å². The second-order valence-corrected chi connectivity index (χ2v) is 9.61. The molecule has 11 heteroatoms. The maximum absolute atomic E-state index is 13.1. The molecule has 0 fully saturated rings. The summed E-state index contributed by atoms with van der Waals surface area (Å²) in [6, 6.07) is 0. The first kappa shape index (κ1) is 20.8. The van der Waals surface area contributed by atoms with Gasteiger partial charge in [-0.15, -0.1) is 5.10 Å². The maximum Gasteiger partial charge on any atom is 0.453 e. The van der Waals surface area contributed by atoms with Crippen LogP contribution in [0.3, 0.4) is 0 Å². The van der Waals surface area contributed by atoms with E-state index >= 15 is 0 Å². The Kier molecular flexibility index (Phi) is 5.24. The second kappa shape index (κ2) is 6.56. The van der Waals surface area contributed by atoms with E-state index in [-0.39, 0.29) is 17.6 Å². The van der Waals surface area contributed by atoms with Crippen molar-refractivity contribution >= 4 is 31.4 Å². The van der Waals surface area contributed by atoms with Gasteiger partial charge in [-0.1, -0.05) is 32.9 Å². The van der Waals surface area contributed by atoms with Gasteiger partial charge < -0.3 is 4.90 Å². The average Bonchev–Trinajstić information content (AvgIpc) is 2.91. The highest BCUT2D eigenvalue weighted by atomic mass is 35.7. The number of anilines is 1. The van der Waals surface area contributed by atoms with E-state index in [0.717, 1.165) is 4.68 Å². The molecule has 0 N–H and O–H groups in total. The molecule has 26 heavy (non-hydrogen) atoms. The molecule has 0 aromatic carbocycles. The Bertz CT molecular complexity index is 859. The summed E-state index contributed by atoms with van der Waals surface area (Å²) < 4.78 is 63.9. The molecular formula is C15H20ClF3N4O2S. The van der Waals surface area contributed by atoms with Crippen molar-refractivity contribution in [1.29, 1.82) is 0 Å². The van der Waals surface area contributed by atoms with E-state index < -0.39 is 31.7 Å². The van der Waals surface area contributed by atoms with E-state index in [2.05, 4.69) is 10.1 Å². The lowest BCUT2D eigenvalue weighted by Crippen LogP contribution is -2.33. The molecule has 0 bridgehead atoms. The Labute approximate surface area is 154 Å². The molecule has 2 unspecified atom stereocenters. The molecule has 0 radical (unpaired) electrons. The van der Waals surface area contributed by atoms with Crippen LogP contribution in [-0.4, -0.2) is 42.5 Å². The minimum atomic E-state index is -4.73. The van der Waals surface area contributed by atoms with Crippen LogP contribution in [0.4, 0.5) is 19.1 Å². The fourth-order valence-corrected chi connectivity index (χ4v) is 3.50. The fraction of sp³-hybridized carbons (Fsp3) is 0.600. The van der Waals surface area contributed by atoms with Crippen molar-refractivity contribution < 1.29 is 21.6 Å². The first-order chi connectivity index (χ1) is 11.7. The smallest absolute Gasteiger partial charge is 0.347 e. The van der Waals surface area contributed by atoms with Crippen molar-refractivity contribution in [2.24, 2.45) is 11.3 Å². The van der Waals surface area contributed by atoms with Crippen molar-refractivity contribution in [3.63, 3.8) is 0 Å². The van der Waals surface area contributed by atoms with Gasteiger partial charge in [0.1, 0.15) is 5.25 Å². The van der Waals surface area contributed by atoms with Crippen LogP contribution in [0.15, 0.2) is 18.2 Å². The predicted octanol–water partition coefficient (Wildman–Crippen LogP) is 3.37. The van der Waals surface area contributed by atoms with Gasteiger partial charge in [0.2, 0.25) is 15.0 Å². The summed E-state index contributed by atoms with van der Waals surface area (Å²) in [5.74, 6) is -1.41. The lowest BCUT2D eigenvalue weighted by Gasteiger charge is -2.37. The minimum Gasteiger partial charge on any atom is -0.347 e. The van der Waals surface area contributed by atoms with E-state index in [1.54, 1.807) is 13.0 Å². The van der Waals surface area contributed by atoms with Gasteiger partial charge in [-0.2, -0.15) is 18.2 Å². The number of aromatic nitrogens is 3. The Morgan fingerprint density at radius 1 is 1.35 bits per heavy atom. The Balaban J connectivity index is 2.76. The van der Waals surface area contributed by atoms with Crippen molar-refractivity contribution in [2.45, 2.75) is 32.2 Å². The highest BCUT2D eigenvalue weighted by molar-refractivity contribution is 8.14. The first-order valence-corrected chi connectivity index (χ1v) is 10.1. The molecule has 146 valence electrons. The van der Waals surface area contributed by atoms with Crippen LogP contribution in [0.1, 0.15) is 26.6 Å². The number of alkyl halides is 3. The molecule has 2 rings (SSSR count). The Hall–Kier alpha value is -1.55. The van der Waals surface area contributed by atoms with Gasteiger partial charge in [-0.3, -0.25) is 0 Å². The van der Waals surface area contributed by atoms with Crippen molar-refractivity contribution in [3.05, 3.63) is 24.1 Å². The molecule has 2 atom stereocenters. The van der Waals surface area contributed by atoms with E-state index in [4.69, 9.17) is 10.7 Å². The number of hydrogen-bond donors (Lipinski definition) is 0. The molecule has 0 aliphatic heterocycles. The molecular weight excluding hydrogens is 393 g/mol. The van der Waals surface area contributed by atoms with Gasteiger partial charge in [-0.25, -0.2) is 13.1 Å². The van der Waals surface area contributed by atoms with Crippen LogP contribution in [-0.2, 0) is 15.2 Å². The number of hydrogen-bond acceptors (Lipinski definition) is 5. The quantitative estimate of drug-likeness (QED) is 0.560. The van der Waals surface area contributed by atoms with E-state index in [1.165, 1.54) is 31.1 Å². The standard InChI is InChI=1S/C15H20ClF3N4O2S/c1-9(2)14(3)7-6-10(26(16,24)25)8-11(14)23-13(22(4)5)20-12(21-23)15(17,18)19/h6-10H,1-5H3. The van der Waals surface area contributed by atoms with Crippen LogP contribution in [0.2, 0.25) is 0 Å². The van der Waals surface area contributed by atoms with Crippen molar-refractivity contribution in [2.75, 3.05) is 19.0 Å². The zero-order chi connectivity index (χ0) is 20.1. The number of allylic oxidation sites excluding steroid dienone is 2. The van der Waals surface area contributed by atoms with Crippen LogP contribution >= 0.6 is 10.7 Å². The highest BCUT2D eigenvalue weighted by Crippen LogP contribution is 2.44. The zero-order valence-electron chi connectivity index (χ0n) is 14.9. The fourth-order valence-electron chi connectivity index (χ4n) is 2.61. The van der Waals surface area contributed by atoms with Gasteiger partial charge in [0.15, 0.2) is 0 Å². The first-order valence-electron chi connectivity index (χ1n) is 7.75. The number of rotatable bonds is 4. The van der Waals surface area contributed by atoms with Gasteiger partial charge >= 0.3 is 6.18 Å².